The summed E-state index contributed by atoms with van der Waals surface area (Å²) in [5.41, 5.74) is 2.01. The van der Waals surface area contributed by atoms with Crippen molar-refractivity contribution < 1.29 is 22.4 Å². The summed E-state index contributed by atoms with van der Waals surface area (Å²) in [6.07, 6.45) is 2.67. The Morgan fingerprint density at radius 1 is 0.889 bits per heavy atom. The lowest BCUT2D eigenvalue weighted by Gasteiger charge is -2.19. The Morgan fingerprint density at radius 3 is 2.25 bits per heavy atom. The van der Waals surface area contributed by atoms with E-state index in [9.17, 15) is 18.0 Å². The number of benzene rings is 3. The molecular formula is C27H20N2O5S2. The molecule has 0 aliphatic carbocycles. The molecule has 0 unspecified atom stereocenters. The number of anilines is 1. The molecule has 2 heterocycles. The number of carbonyl (C=O) groups excluding carboxylic acids is 2. The maximum Gasteiger partial charge on any atom is 0.260 e. The van der Waals surface area contributed by atoms with Crippen LogP contribution in [-0.2, 0) is 16.4 Å². The van der Waals surface area contributed by atoms with E-state index in [0.717, 1.165) is 6.26 Å². The van der Waals surface area contributed by atoms with Crippen LogP contribution in [-0.4, -0.2) is 31.3 Å². The highest BCUT2D eigenvalue weighted by Gasteiger charge is 2.24. The van der Waals surface area contributed by atoms with Gasteiger partial charge in [0.2, 0.25) is 0 Å². The monoisotopic (exact) mass is 516 g/mol. The topological polar surface area (TPSA) is 97.6 Å². The van der Waals surface area contributed by atoms with Crippen molar-refractivity contribution in [1.82, 2.24) is 4.98 Å². The van der Waals surface area contributed by atoms with Gasteiger partial charge in [0.25, 0.3) is 5.91 Å². The van der Waals surface area contributed by atoms with Crippen molar-refractivity contribution in [3.8, 4) is 0 Å². The molecule has 7 nitrogen and oxygen atoms in total. The number of aromatic nitrogens is 1. The number of rotatable bonds is 7. The van der Waals surface area contributed by atoms with Crippen LogP contribution in [0, 0.1) is 0 Å². The van der Waals surface area contributed by atoms with Gasteiger partial charge in [-0.3, -0.25) is 14.5 Å². The molecule has 3 aromatic carbocycles. The van der Waals surface area contributed by atoms with Crippen LogP contribution in [0.5, 0.6) is 0 Å². The summed E-state index contributed by atoms with van der Waals surface area (Å²) in [7, 11) is -3.38. The number of hydrogen-bond acceptors (Lipinski definition) is 7. The number of amides is 1. The number of hydrogen-bond donors (Lipinski definition) is 0. The summed E-state index contributed by atoms with van der Waals surface area (Å²) in [5, 5.41) is 0.404. The third-order valence-electron chi connectivity index (χ3n) is 5.58. The van der Waals surface area contributed by atoms with Crippen molar-refractivity contribution in [2.45, 2.75) is 11.4 Å². The first kappa shape index (κ1) is 23.7. The Kier molecular flexibility index (Phi) is 6.26. The number of fused-ring (bicyclic) bond motifs is 1. The molecule has 1 amide bonds. The Bertz CT molecular complexity index is 1660. The van der Waals surface area contributed by atoms with E-state index < -0.39 is 9.84 Å². The average Bonchev–Trinajstić information content (AvgIpc) is 3.56. The molecule has 0 radical (unpaired) electrons. The molecule has 5 aromatic rings. The molecule has 0 bridgehead atoms. The normalized spacial score (nSPS) is 11.5. The van der Waals surface area contributed by atoms with Gasteiger partial charge in [-0.15, -0.1) is 0 Å². The maximum absolute atomic E-state index is 13.6. The highest BCUT2D eigenvalue weighted by atomic mass is 32.2. The van der Waals surface area contributed by atoms with Crippen LogP contribution >= 0.6 is 11.3 Å². The van der Waals surface area contributed by atoms with Crippen LogP contribution in [0.15, 0.2) is 101 Å². The Labute approximate surface area is 211 Å². The van der Waals surface area contributed by atoms with Gasteiger partial charge < -0.3 is 4.42 Å². The van der Waals surface area contributed by atoms with Gasteiger partial charge in [0.05, 0.1) is 27.9 Å². The van der Waals surface area contributed by atoms with Crippen LogP contribution in [0.4, 0.5) is 5.13 Å². The number of carbonyl (C=O) groups is 2. The SMILES string of the molecule is CS(=O)(=O)c1ccc2nc(N(Cc3ccco3)C(=O)c3ccc(C(=O)c4ccccc4)cc3)sc2c1. The smallest absolute Gasteiger partial charge is 0.260 e. The van der Waals surface area contributed by atoms with Crippen molar-refractivity contribution in [2.24, 2.45) is 0 Å². The number of thiazole rings is 1. The Morgan fingerprint density at radius 2 is 1.58 bits per heavy atom. The van der Waals surface area contributed by atoms with Crippen molar-refractivity contribution in [2.75, 3.05) is 11.2 Å². The summed E-state index contributed by atoms with van der Waals surface area (Å²) in [6.45, 7) is 0.134. The minimum atomic E-state index is -3.38. The molecule has 9 heteroatoms. The Hall–Kier alpha value is -4.08. The predicted molar refractivity (Wildman–Crippen MR) is 138 cm³/mol. The van der Waals surface area contributed by atoms with E-state index >= 15 is 0 Å². The lowest BCUT2D eigenvalue weighted by molar-refractivity contribution is 0.0981. The van der Waals surface area contributed by atoms with Crippen molar-refractivity contribution in [3.05, 3.63) is 114 Å². The molecular weight excluding hydrogens is 496 g/mol. The van der Waals surface area contributed by atoms with E-state index in [1.165, 1.54) is 28.6 Å². The van der Waals surface area contributed by atoms with Crippen LogP contribution < -0.4 is 4.90 Å². The number of sulfone groups is 1. The Balaban J connectivity index is 1.48. The fourth-order valence-corrected chi connectivity index (χ4v) is 5.42. The maximum atomic E-state index is 13.6. The van der Waals surface area contributed by atoms with Gasteiger partial charge in [0.15, 0.2) is 20.8 Å². The summed E-state index contributed by atoms with van der Waals surface area (Å²) in [6, 6.07) is 23.6. The zero-order chi connectivity index (χ0) is 25.3. The van der Waals surface area contributed by atoms with Crippen molar-refractivity contribution >= 4 is 48.2 Å². The molecule has 0 aliphatic heterocycles. The molecule has 0 saturated carbocycles. The van der Waals surface area contributed by atoms with Gasteiger partial charge in [0.1, 0.15) is 5.76 Å². The number of furan rings is 1. The fraction of sp³-hybridized carbons (Fsp3) is 0.0741. The van der Waals surface area contributed by atoms with Gasteiger partial charge in [-0.05, 0) is 42.5 Å². The van der Waals surface area contributed by atoms with Gasteiger partial charge in [0, 0.05) is 22.9 Å². The van der Waals surface area contributed by atoms with Crippen molar-refractivity contribution in [3.63, 3.8) is 0 Å². The first-order chi connectivity index (χ1) is 17.3. The molecule has 36 heavy (non-hydrogen) atoms. The van der Waals surface area contributed by atoms with Gasteiger partial charge in [-0.25, -0.2) is 13.4 Å². The molecule has 0 spiro atoms. The van der Waals surface area contributed by atoms with Gasteiger partial charge in [-0.1, -0.05) is 53.8 Å². The van der Waals surface area contributed by atoms with E-state index in [2.05, 4.69) is 4.98 Å². The van der Waals surface area contributed by atoms with Gasteiger partial charge >= 0.3 is 0 Å². The summed E-state index contributed by atoms with van der Waals surface area (Å²) >= 11 is 1.22. The molecule has 0 saturated heterocycles. The fourth-order valence-electron chi connectivity index (χ4n) is 3.70. The second-order valence-corrected chi connectivity index (χ2v) is 11.2. The number of nitrogens with zero attached hydrogens (tertiary/aromatic N) is 2. The van der Waals surface area contributed by atoms with E-state index in [0.29, 0.717) is 37.8 Å². The highest BCUT2D eigenvalue weighted by Crippen LogP contribution is 2.32. The van der Waals surface area contributed by atoms with Crippen LogP contribution in [0.3, 0.4) is 0 Å². The molecule has 2 aromatic heterocycles. The molecule has 180 valence electrons. The highest BCUT2D eigenvalue weighted by molar-refractivity contribution is 7.90. The van der Waals surface area contributed by atoms with Crippen LogP contribution in [0.25, 0.3) is 10.2 Å². The average molecular weight is 517 g/mol. The molecule has 0 aliphatic rings. The second-order valence-electron chi connectivity index (χ2n) is 8.14. The molecule has 0 atom stereocenters. The third-order valence-corrected chi connectivity index (χ3v) is 7.73. The number of ketones is 1. The lowest BCUT2D eigenvalue weighted by atomic mass is 10.0. The standard InChI is InChI=1S/C27H20N2O5S2/c1-36(32,33)22-13-14-23-24(16-22)35-27(28-23)29(17-21-8-5-15-34-21)26(31)20-11-9-19(10-12-20)25(30)18-6-3-2-4-7-18/h2-16H,17H2,1H3. The largest absolute Gasteiger partial charge is 0.467 e. The summed E-state index contributed by atoms with van der Waals surface area (Å²) in [5.74, 6) is 0.109. The zero-order valence-electron chi connectivity index (χ0n) is 19.1. The summed E-state index contributed by atoms with van der Waals surface area (Å²) < 4.78 is 30.1. The van der Waals surface area contributed by atoms with Crippen molar-refractivity contribution in [1.29, 1.82) is 0 Å². The van der Waals surface area contributed by atoms with E-state index in [1.807, 2.05) is 6.07 Å². The molecule has 5 rings (SSSR count). The second kappa shape index (κ2) is 9.52. The first-order valence-electron chi connectivity index (χ1n) is 10.9. The first-order valence-corrected chi connectivity index (χ1v) is 13.6. The minimum Gasteiger partial charge on any atom is -0.467 e. The summed E-state index contributed by atoms with van der Waals surface area (Å²) in [4.78, 5) is 32.6. The van der Waals surface area contributed by atoms with E-state index in [-0.39, 0.29) is 23.1 Å². The zero-order valence-corrected chi connectivity index (χ0v) is 20.8. The third kappa shape index (κ3) is 4.84. The minimum absolute atomic E-state index is 0.130. The van der Waals surface area contributed by atoms with E-state index in [1.54, 1.807) is 72.8 Å². The van der Waals surface area contributed by atoms with E-state index in [4.69, 9.17) is 4.42 Å². The molecule has 0 N–H and O–H groups in total. The predicted octanol–water partition coefficient (Wildman–Crippen LogP) is 5.37. The van der Waals surface area contributed by atoms with Crippen LogP contribution in [0.2, 0.25) is 0 Å². The quantitative estimate of drug-likeness (QED) is 0.270. The van der Waals surface area contributed by atoms with Gasteiger partial charge in [-0.2, -0.15) is 0 Å². The molecule has 0 fully saturated rings. The van der Waals surface area contributed by atoms with Crippen LogP contribution in [0.1, 0.15) is 32.0 Å². The lowest BCUT2D eigenvalue weighted by Crippen LogP contribution is -2.30.